The Bertz CT molecular complexity index is 219. The van der Waals surface area contributed by atoms with Crippen molar-refractivity contribution in [1.82, 2.24) is 5.32 Å². The fourth-order valence-corrected chi connectivity index (χ4v) is 0.909. The molecule has 1 amide bonds. The van der Waals surface area contributed by atoms with E-state index in [-0.39, 0.29) is 24.2 Å². The van der Waals surface area contributed by atoms with Gasteiger partial charge >= 0.3 is 5.97 Å². The van der Waals surface area contributed by atoms with Crippen LogP contribution < -0.4 is 11.1 Å². The number of nitrogens with two attached hydrogens (primary N) is 1. The molecule has 0 bridgehead atoms. The van der Waals surface area contributed by atoms with Crippen molar-refractivity contribution in [2.75, 3.05) is 7.11 Å². The van der Waals surface area contributed by atoms with E-state index in [1.54, 1.807) is 6.92 Å². The Morgan fingerprint density at radius 2 is 1.73 bits per heavy atom. The summed E-state index contributed by atoms with van der Waals surface area (Å²) in [7, 11) is 1.29. The lowest BCUT2D eigenvalue weighted by molar-refractivity contribution is -0.146. The Balaban J connectivity index is 0. The Kier molecular flexibility index (Phi) is 8.28. The fourth-order valence-electron chi connectivity index (χ4n) is 0.909. The molecule has 90 valence electrons. The van der Waals surface area contributed by atoms with E-state index >= 15 is 0 Å². The minimum Gasteiger partial charge on any atom is -0.467 e. The molecule has 0 aromatic carbocycles. The number of esters is 1. The van der Waals surface area contributed by atoms with Crippen molar-refractivity contribution in [1.29, 1.82) is 0 Å². The summed E-state index contributed by atoms with van der Waals surface area (Å²) >= 11 is 0. The van der Waals surface area contributed by atoms with Crippen molar-refractivity contribution in [2.24, 2.45) is 11.7 Å². The van der Waals surface area contributed by atoms with Crippen LogP contribution >= 0.6 is 12.4 Å². The molecule has 15 heavy (non-hydrogen) atoms. The smallest absolute Gasteiger partial charge is 0.328 e. The number of hydrogen-bond acceptors (Lipinski definition) is 4. The molecule has 0 saturated heterocycles. The molecule has 0 rings (SSSR count). The van der Waals surface area contributed by atoms with Crippen LogP contribution in [-0.4, -0.2) is 31.1 Å². The zero-order chi connectivity index (χ0) is 11.3. The first-order valence-corrected chi connectivity index (χ1v) is 4.54. The van der Waals surface area contributed by atoms with Crippen LogP contribution in [0.25, 0.3) is 0 Å². The molecule has 0 saturated carbocycles. The zero-order valence-electron chi connectivity index (χ0n) is 9.44. The van der Waals surface area contributed by atoms with Gasteiger partial charge in [0.05, 0.1) is 13.2 Å². The van der Waals surface area contributed by atoms with Gasteiger partial charge in [-0.1, -0.05) is 13.8 Å². The standard InChI is InChI=1S/C9H18N2O3.ClH/c1-5(2)7(9(13)14-4)11-8(12)6(3)10;/h5-7H,10H2,1-4H3,(H,11,12);1H. The van der Waals surface area contributed by atoms with E-state index in [1.807, 2.05) is 13.8 Å². The van der Waals surface area contributed by atoms with Gasteiger partial charge in [0.2, 0.25) is 5.91 Å². The molecule has 0 aromatic rings. The van der Waals surface area contributed by atoms with Crippen LogP contribution in [0, 0.1) is 5.92 Å². The topological polar surface area (TPSA) is 81.4 Å². The number of carbonyl (C=O) groups is 2. The third-order valence-corrected chi connectivity index (χ3v) is 1.83. The molecule has 0 aliphatic heterocycles. The van der Waals surface area contributed by atoms with Crippen LogP contribution in [0.3, 0.4) is 0 Å². The minimum atomic E-state index is -0.626. The molecule has 0 fully saturated rings. The van der Waals surface area contributed by atoms with Gasteiger partial charge in [-0.05, 0) is 12.8 Å². The normalized spacial score (nSPS) is 13.7. The Labute approximate surface area is 96.1 Å². The quantitative estimate of drug-likeness (QED) is 0.679. The SMILES string of the molecule is COC(=O)C(NC(=O)C(C)N)C(C)C.Cl. The van der Waals surface area contributed by atoms with Crippen LogP contribution in [0.4, 0.5) is 0 Å². The van der Waals surface area contributed by atoms with Gasteiger partial charge in [-0.25, -0.2) is 4.79 Å². The number of halogens is 1. The van der Waals surface area contributed by atoms with E-state index in [4.69, 9.17) is 5.73 Å². The Morgan fingerprint density at radius 3 is 2.00 bits per heavy atom. The molecule has 3 N–H and O–H groups in total. The molecule has 0 radical (unpaired) electrons. The van der Waals surface area contributed by atoms with Crippen LogP contribution in [-0.2, 0) is 14.3 Å². The van der Waals surface area contributed by atoms with Crippen LogP contribution in [0.5, 0.6) is 0 Å². The summed E-state index contributed by atoms with van der Waals surface area (Å²) in [4.78, 5) is 22.5. The number of carbonyl (C=O) groups excluding carboxylic acids is 2. The van der Waals surface area contributed by atoms with E-state index in [9.17, 15) is 9.59 Å². The molecule has 0 aromatic heterocycles. The van der Waals surface area contributed by atoms with Gasteiger partial charge in [-0.15, -0.1) is 12.4 Å². The third-order valence-electron chi connectivity index (χ3n) is 1.83. The van der Waals surface area contributed by atoms with Crippen molar-refractivity contribution >= 4 is 24.3 Å². The van der Waals surface area contributed by atoms with E-state index in [1.165, 1.54) is 7.11 Å². The Hall–Kier alpha value is -0.810. The molecule has 0 aliphatic carbocycles. The lowest BCUT2D eigenvalue weighted by atomic mass is 10.0. The van der Waals surface area contributed by atoms with Gasteiger partial charge in [0, 0.05) is 0 Å². The van der Waals surface area contributed by atoms with Gasteiger partial charge < -0.3 is 15.8 Å². The van der Waals surface area contributed by atoms with Gasteiger partial charge in [-0.2, -0.15) is 0 Å². The van der Waals surface area contributed by atoms with Gasteiger partial charge in [-0.3, -0.25) is 4.79 Å². The summed E-state index contributed by atoms with van der Waals surface area (Å²) in [6, 6.07) is -1.25. The molecule has 0 heterocycles. The summed E-state index contributed by atoms with van der Waals surface area (Å²) in [6.07, 6.45) is 0. The maximum Gasteiger partial charge on any atom is 0.328 e. The van der Waals surface area contributed by atoms with Crippen molar-refractivity contribution in [3.8, 4) is 0 Å². The molecular weight excluding hydrogens is 220 g/mol. The first kappa shape index (κ1) is 16.6. The maximum atomic E-state index is 11.2. The first-order valence-electron chi connectivity index (χ1n) is 4.54. The predicted molar refractivity (Wildman–Crippen MR) is 59.7 cm³/mol. The monoisotopic (exact) mass is 238 g/mol. The molecule has 2 unspecified atom stereocenters. The van der Waals surface area contributed by atoms with Gasteiger partial charge in [0.25, 0.3) is 0 Å². The van der Waals surface area contributed by atoms with E-state index in [2.05, 4.69) is 10.1 Å². The van der Waals surface area contributed by atoms with E-state index in [0.717, 1.165) is 0 Å². The maximum absolute atomic E-state index is 11.2. The summed E-state index contributed by atoms with van der Waals surface area (Å²) in [5.41, 5.74) is 5.36. The predicted octanol–water partition coefficient (Wildman–Crippen LogP) is 0.0692. The van der Waals surface area contributed by atoms with Crippen LogP contribution in [0.2, 0.25) is 0 Å². The highest BCUT2D eigenvalue weighted by Crippen LogP contribution is 2.03. The molecule has 0 spiro atoms. The van der Waals surface area contributed by atoms with Crippen LogP contribution in [0.1, 0.15) is 20.8 Å². The highest BCUT2D eigenvalue weighted by atomic mass is 35.5. The zero-order valence-corrected chi connectivity index (χ0v) is 10.3. The lowest BCUT2D eigenvalue weighted by Gasteiger charge is -2.20. The average Bonchev–Trinajstić information content (AvgIpc) is 2.11. The molecule has 5 nitrogen and oxygen atoms in total. The van der Waals surface area contributed by atoms with Gasteiger partial charge in [0.1, 0.15) is 6.04 Å². The number of ether oxygens (including phenoxy) is 1. The summed E-state index contributed by atoms with van der Waals surface area (Å²) in [5, 5.41) is 2.53. The van der Waals surface area contributed by atoms with Gasteiger partial charge in [0.15, 0.2) is 0 Å². The number of amides is 1. The summed E-state index contributed by atoms with van der Waals surface area (Å²) in [6.45, 7) is 5.20. The fraction of sp³-hybridized carbons (Fsp3) is 0.778. The van der Waals surface area contributed by atoms with E-state index in [0.29, 0.717) is 0 Å². The first-order chi connectivity index (χ1) is 6.40. The second kappa shape index (κ2) is 7.48. The van der Waals surface area contributed by atoms with Crippen molar-refractivity contribution in [3.63, 3.8) is 0 Å². The summed E-state index contributed by atoms with van der Waals surface area (Å²) < 4.78 is 4.56. The molecular formula is C9H19ClN2O3. The molecule has 6 heteroatoms. The average molecular weight is 239 g/mol. The number of rotatable bonds is 4. The number of hydrogen-bond donors (Lipinski definition) is 2. The van der Waals surface area contributed by atoms with Crippen molar-refractivity contribution in [2.45, 2.75) is 32.9 Å². The Morgan fingerprint density at radius 1 is 1.27 bits per heavy atom. The number of nitrogens with one attached hydrogen (secondary N) is 1. The summed E-state index contributed by atoms with van der Waals surface area (Å²) in [5.74, 6) is -0.826. The highest BCUT2D eigenvalue weighted by molar-refractivity contribution is 5.87. The number of methoxy groups -OCH3 is 1. The van der Waals surface area contributed by atoms with Crippen molar-refractivity contribution in [3.05, 3.63) is 0 Å². The van der Waals surface area contributed by atoms with E-state index < -0.39 is 18.1 Å². The molecule has 0 aliphatic rings. The highest BCUT2D eigenvalue weighted by Gasteiger charge is 2.25. The minimum absolute atomic E-state index is 0. The third kappa shape index (κ3) is 5.59. The lowest BCUT2D eigenvalue weighted by Crippen LogP contribution is -2.50. The van der Waals surface area contributed by atoms with Crippen molar-refractivity contribution < 1.29 is 14.3 Å². The molecule has 2 atom stereocenters. The largest absolute Gasteiger partial charge is 0.467 e. The second-order valence-corrected chi connectivity index (χ2v) is 3.54. The van der Waals surface area contributed by atoms with Crippen LogP contribution in [0.15, 0.2) is 0 Å². The second-order valence-electron chi connectivity index (χ2n) is 3.54.